The van der Waals surface area contributed by atoms with Crippen molar-refractivity contribution in [2.24, 2.45) is 5.92 Å². The number of amides is 1. The van der Waals surface area contributed by atoms with Gasteiger partial charge in [-0.05, 0) is 36.6 Å². The highest BCUT2D eigenvalue weighted by Crippen LogP contribution is 2.12. The van der Waals surface area contributed by atoms with E-state index in [0.717, 1.165) is 12.8 Å². The maximum atomic E-state index is 11.8. The zero-order chi connectivity index (χ0) is 13.4. The second kappa shape index (κ2) is 8.27. The number of aliphatic hydroxyl groups is 1. The van der Waals surface area contributed by atoms with Crippen molar-refractivity contribution in [3.05, 3.63) is 22.4 Å². The maximum Gasteiger partial charge on any atom is 0.220 e. The number of nitrogens with one attached hydrogen (secondary N) is 1. The van der Waals surface area contributed by atoms with Gasteiger partial charge in [0.25, 0.3) is 0 Å². The molecule has 1 heterocycles. The fraction of sp³-hybridized carbons (Fsp3) is 0.643. The van der Waals surface area contributed by atoms with Gasteiger partial charge in [-0.15, -0.1) is 11.3 Å². The van der Waals surface area contributed by atoms with Crippen LogP contribution in [0.3, 0.4) is 0 Å². The lowest BCUT2D eigenvalue weighted by Gasteiger charge is -2.21. The Morgan fingerprint density at radius 2 is 2.28 bits per heavy atom. The minimum atomic E-state index is 0.0873. The van der Waals surface area contributed by atoms with Crippen molar-refractivity contribution in [3.8, 4) is 0 Å². The topological polar surface area (TPSA) is 49.3 Å². The summed E-state index contributed by atoms with van der Waals surface area (Å²) in [5.41, 5.74) is 0. The fourth-order valence-electron chi connectivity index (χ4n) is 1.87. The molecule has 0 radical (unpaired) electrons. The molecule has 1 rings (SSSR count). The van der Waals surface area contributed by atoms with Crippen LogP contribution in [0.15, 0.2) is 17.5 Å². The molecule has 18 heavy (non-hydrogen) atoms. The fourth-order valence-corrected chi connectivity index (χ4v) is 2.62. The summed E-state index contributed by atoms with van der Waals surface area (Å²) < 4.78 is 0. The maximum absolute atomic E-state index is 11.8. The largest absolute Gasteiger partial charge is 0.396 e. The smallest absolute Gasteiger partial charge is 0.220 e. The molecule has 2 N–H and O–H groups in total. The summed E-state index contributed by atoms with van der Waals surface area (Å²) in [5, 5.41) is 14.0. The van der Waals surface area contributed by atoms with Crippen LogP contribution >= 0.6 is 11.3 Å². The van der Waals surface area contributed by atoms with Crippen LogP contribution in [-0.2, 0) is 11.2 Å². The zero-order valence-corrected chi connectivity index (χ0v) is 12.0. The summed E-state index contributed by atoms with van der Waals surface area (Å²) in [6, 6.07) is 4.23. The normalized spacial score (nSPS) is 12.7. The summed E-state index contributed by atoms with van der Waals surface area (Å²) in [4.78, 5) is 13.1. The van der Waals surface area contributed by atoms with Gasteiger partial charge >= 0.3 is 0 Å². The Kier molecular flexibility index (Phi) is 6.98. The van der Waals surface area contributed by atoms with E-state index in [1.807, 2.05) is 6.07 Å². The molecule has 0 fully saturated rings. The predicted molar refractivity (Wildman–Crippen MR) is 75.7 cm³/mol. The minimum absolute atomic E-state index is 0.0873. The van der Waals surface area contributed by atoms with E-state index in [0.29, 0.717) is 18.8 Å². The van der Waals surface area contributed by atoms with Crippen molar-refractivity contribution in [2.45, 2.75) is 45.6 Å². The Morgan fingerprint density at radius 3 is 2.83 bits per heavy atom. The first kappa shape index (κ1) is 15.2. The van der Waals surface area contributed by atoms with Crippen molar-refractivity contribution in [1.29, 1.82) is 0 Å². The molecule has 0 spiro atoms. The first-order valence-electron chi connectivity index (χ1n) is 6.56. The number of carbonyl (C=O) groups is 1. The molecule has 0 aliphatic carbocycles. The second-order valence-corrected chi connectivity index (χ2v) is 5.90. The molecule has 1 aromatic rings. The van der Waals surface area contributed by atoms with Crippen LogP contribution in [0.4, 0.5) is 0 Å². The quantitative estimate of drug-likeness (QED) is 0.762. The van der Waals surface area contributed by atoms with Gasteiger partial charge in [-0.3, -0.25) is 4.79 Å². The number of thiophene rings is 1. The van der Waals surface area contributed by atoms with Crippen LogP contribution < -0.4 is 5.32 Å². The van der Waals surface area contributed by atoms with E-state index in [4.69, 9.17) is 5.11 Å². The highest BCUT2D eigenvalue weighted by molar-refractivity contribution is 7.09. The van der Waals surface area contributed by atoms with Crippen molar-refractivity contribution >= 4 is 17.2 Å². The Hall–Kier alpha value is -0.870. The number of hydrogen-bond donors (Lipinski definition) is 2. The molecular formula is C14H23NO2S. The van der Waals surface area contributed by atoms with Gasteiger partial charge in [0.2, 0.25) is 5.91 Å². The average Bonchev–Trinajstić information content (AvgIpc) is 2.81. The third-order valence-electron chi connectivity index (χ3n) is 3.00. The molecule has 0 bridgehead atoms. The van der Waals surface area contributed by atoms with Gasteiger partial charge in [-0.1, -0.05) is 19.9 Å². The molecule has 0 aliphatic heterocycles. The van der Waals surface area contributed by atoms with Crippen LogP contribution in [0.1, 0.15) is 38.0 Å². The molecule has 0 aromatic carbocycles. The molecule has 1 atom stereocenters. The Bertz CT molecular complexity index is 336. The highest BCUT2D eigenvalue weighted by Gasteiger charge is 2.15. The summed E-state index contributed by atoms with van der Waals surface area (Å²) in [6.45, 7) is 4.25. The molecule has 0 aliphatic rings. The van der Waals surface area contributed by atoms with Gasteiger partial charge in [0.15, 0.2) is 0 Å². The van der Waals surface area contributed by atoms with Gasteiger partial charge in [0, 0.05) is 23.9 Å². The molecule has 1 amide bonds. The minimum Gasteiger partial charge on any atom is -0.396 e. The van der Waals surface area contributed by atoms with Crippen LogP contribution in [-0.4, -0.2) is 23.7 Å². The number of aliphatic hydroxyl groups excluding tert-OH is 1. The van der Waals surface area contributed by atoms with Crippen molar-refractivity contribution in [3.63, 3.8) is 0 Å². The van der Waals surface area contributed by atoms with Crippen molar-refractivity contribution < 1.29 is 9.90 Å². The van der Waals surface area contributed by atoms with E-state index in [2.05, 4.69) is 30.6 Å². The lowest BCUT2D eigenvalue weighted by Crippen LogP contribution is -2.39. The number of rotatable bonds is 8. The Morgan fingerprint density at radius 1 is 1.50 bits per heavy atom. The van der Waals surface area contributed by atoms with Crippen LogP contribution in [0.2, 0.25) is 0 Å². The summed E-state index contributed by atoms with van der Waals surface area (Å²) in [5.74, 6) is 0.456. The zero-order valence-electron chi connectivity index (χ0n) is 11.2. The average molecular weight is 269 g/mol. The van der Waals surface area contributed by atoms with E-state index in [-0.39, 0.29) is 18.6 Å². The lowest BCUT2D eigenvalue weighted by molar-refractivity contribution is -0.122. The summed E-state index contributed by atoms with van der Waals surface area (Å²) in [7, 11) is 0. The van der Waals surface area contributed by atoms with Crippen LogP contribution in [0.25, 0.3) is 0 Å². The van der Waals surface area contributed by atoms with Crippen molar-refractivity contribution in [2.75, 3.05) is 6.61 Å². The summed E-state index contributed by atoms with van der Waals surface area (Å²) in [6.07, 6.45) is 3.05. The Labute approximate surface area is 113 Å². The Balaban J connectivity index is 2.23. The van der Waals surface area contributed by atoms with E-state index in [1.54, 1.807) is 11.3 Å². The first-order valence-corrected chi connectivity index (χ1v) is 7.44. The molecule has 1 unspecified atom stereocenters. The van der Waals surface area contributed by atoms with Gasteiger partial charge < -0.3 is 10.4 Å². The van der Waals surface area contributed by atoms with Gasteiger partial charge in [0.05, 0.1) is 0 Å². The summed E-state index contributed by atoms with van der Waals surface area (Å²) >= 11 is 1.74. The standard InChI is InChI=1S/C14H23NO2S/c1-11(2)13(8-9-16)15-14(17)7-3-5-12-6-4-10-18-12/h4,6,10-11,13,16H,3,5,7-9H2,1-2H3,(H,15,17). The molecule has 1 aromatic heterocycles. The molecule has 0 saturated carbocycles. The second-order valence-electron chi connectivity index (χ2n) is 4.86. The monoisotopic (exact) mass is 269 g/mol. The number of aryl methyl sites for hydroxylation is 1. The highest BCUT2D eigenvalue weighted by atomic mass is 32.1. The van der Waals surface area contributed by atoms with Gasteiger partial charge in [-0.2, -0.15) is 0 Å². The number of carbonyl (C=O) groups excluding carboxylic acids is 1. The van der Waals surface area contributed by atoms with Gasteiger partial charge in [-0.25, -0.2) is 0 Å². The first-order chi connectivity index (χ1) is 8.63. The molecule has 3 nitrogen and oxygen atoms in total. The van der Waals surface area contributed by atoms with E-state index in [9.17, 15) is 4.79 Å². The number of hydrogen-bond acceptors (Lipinski definition) is 3. The predicted octanol–water partition coefficient (Wildman–Crippen LogP) is 2.59. The van der Waals surface area contributed by atoms with Crippen molar-refractivity contribution in [1.82, 2.24) is 5.32 Å². The molecule has 4 heteroatoms. The van der Waals surface area contributed by atoms with E-state index >= 15 is 0 Å². The van der Waals surface area contributed by atoms with Crippen LogP contribution in [0, 0.1) is 5.92 Å². The van der Waals surface area contributed by atoms with E-state index in [1.165, 1.54) is 4.88 Å². The molecular weight excluding hydrogens is 246 g/mol. The van der Waals surface area contributed by atoms with Crippen LogP contribution in [0.5, 0.6) is 0 Å². The third kappa shape index (κ3) is 5.65. The molecule has 0 saturated heterocycles. The lowest BCUT2D eigenvalue weighted by atomic mass is 10.0. The van der Waals surface area contributed by atoms with Gasteiger partial charge in [0.1, 0.15) is 0 Å². The SMILES string of the molecule is CC(C)C(CCO)NC(=O)CCCc1cccs1. The molecule has 102 valence electrons. The van der Waals surface area contributed by atoms with E-state index < -0.39 is 0 Å². The third-order valence-corrected chi connectivity index (χ3v) is 3.93.